The molecular weight excluding hydrogens is 239 g/mol. The van der Waals surface area contributed by atoms with Crippen molar-refractivity contribution in [1.29, 1.82) is 0 Å². The van der Waals surface area contributed by atoms with Gasteiger partial charge in [-0.2, -0.15) is 13.2 Å². The van der Waals surface area contributed by atoms with Crippen molar-refractivity contribution in [2.45, 2.75) is 18.3 Å². The SMILES string of the molecule is NCC1CCN(CCNSC(F)(F)F)CC1. The van der Waals surface area contributed by atoms with Gasteiger partial charge in [-0.3, -0.25) is 4.72 Å². The lowest BCUT2D eigenvalue weighted by Gasteiger charge is -2.31. The third kappa shape index (κ3) is 5.93. The summed E-state index contributed by atoms with van der Waals surface area (Å²) < 4.78 is 37.7. The summed E-state index contributed by atoms with van der Waals surface area (Å²) in [6.07, 6.45) is 2.12. The third-order valence-electron chi connectivity index (χ3n) is 2.76. The van der Waals surface area contributed by atoms with E-state index in [2.05, 4.69) is 9.62 Å². The van der Waals surface area contributed by atoms with Crippen molar-refractivity contribution >= 4 is 11.9 Å². The van der Waals surface area contributed by atoms with Gasteiger partial charge in [-0.25, -0.2) is 0 Å². The predicted molar refractivity (Wildman–Crippen MR) is 59.9 cm³/mol. The van der Waals surface area contributed by atoms with Crippen LogP contribution in [0.25, 0.3) is 0 Å². The Hall–Kier alpha value is 0.0200. The Balaban J connectivity index is 2.02. The molecular formula is C9H18F3N3S. The van der Waals surface area contributed by atoms with Crippen molar-refractivity contribution < 1.29 is 13.2 Å². The van der Waals surface area contributed by atoms with Gasteiger partial charge in [0.05, 0.1) is 0 Å². The van der Waals surface area contributed by atoms with Crippen LogP contribution in [-0.2, 0) is 0 Å². The maximum Gasteiger partial charge on any atom is 0.456 e. The van der Waals surface area contributed by atoms with Crippen molar-refractivity contribution in [2.24, 2.45) is 11.7 Å². The van der Waals surface area contributed by atoms with Crippen LogP contribution in [0, 0.1) is 5.92 Å². The fourth-order valence-corrected chi connectivity index (χ4v) is 2.14. The molecule has 0 aromatic heterocycles. The van der Waals surface area contributed by atoms with E-state index in [0.717, 1.165) is 32.5 Å². The lowest BCUT2D eigenvalue weighted by molar-refractivity contribution is -0.0336. The second-order valence-electron chi connectivity index (χ2n) is 3.96. The largest absolute Gasteiger partial charge is 0.456 e. The molecule has 1 saturated heterocycles. The van der Waals surface area contributed by atoms with Crippen molar-refractivity contribution in [3.05, 3.63) is 0 Å². The number of hydrogen-bond acceptors (Lipinski definition) is 4. The highest BCUT2D eigenvalue weighted by atomic mass is 32.2. The second-order valence-corrected chi connectivity index (χ2v) is 4.92. The van der Waals surface area contributed by atoms with Crippen LogP contribution in [0.1, 0.15) is 12.8 Å². The van der Waals surface area contributed by atoms with Gasteiger partial charge in [-0.05, 0) is 38.4 Å². The molecule has 1 aliphatic heterocycles. The predicted octanol–water partition coefficient (Wildman–Crippen LogP) is 1.41. The lowest BCUT2D eigenvalue weighted by Crippen LogP contribution is -2.39. The minimum absolute atomic E-state index is 0.169. The Kier molecular flexibility index (Phi) is 5.88. The number of nitrogens with one attached hydrogen (secondary N) is 1. The van der Waals surface area contributed by atoms with Crippen LogP contribution in [0.4, 0.5) is 13.2 Å². The Morgan fingerprint density at radius 3 is 2.44 bits per heavy atom. The van der Waals surface area contributed by atoms with Gasteiger partial charge < -0.3 is 10.6 Å². The van der Waals surface area contributed by atoms with Crippen LogP contribution in [0.5, 0.6) is 0 Å². The molecule has 0 radical (unpaired) electrons. The summed E-state index contributed by atoms with van der Waals surface area (Å²) in [6.45, 7) is 3.63. The fraction of sp³-hybridized carbons (Fsp3) is 1.00. The second kappa shape index (κ2) is 6.68. The summed E-state index contributed by atoms with van der Waals surface area (Å²) in [4.78, 5) is 2.18. The number of piperidine rings is 1. The van der Waals surface area contributed by atoms with Gasteiger partial charge in [0.25, 0.3) is 0 Å². The molecule has 1 fully saturated rings. The third-order valence-corrected chi connectivity index (χ3v) is 3.34. The van der Waals surface area contributed by atoms with E-state index in [1.807, 2.05) is 0 Å². The van der Waals surface area contributed by atoms with Crippen LogP contribution in [-0.4, -0.2) is 43.1 Å². The number of nitrogens with zero attached hydrogens (tertiary/aromatic N) is 1. The summed E-state index contributed by atoms with van der Waals surface area (Å²) in [5.41, 5.74) is 1.37. The van der Waals surface area contributed by atoms with Gasteiger partial charge in [-0.15, -0.1) is 0 Å². The van der Waals surface area contributed by atoms with Gasteiger partial charge in [-0.1, -0.05) is 0 Å². The van der Waals surface area contributed by atoms with E-state index in [1.165, 1.54) is 0 Å². The molecule has 7 heteroatoms. The number of nitrogens with two attached hydrogens (primary N) is 1. The maximum absolute atomic E-state index is 11.8. The Labute approximate surface area is 98.1 Å². The molecule has 0 unspecified atom stereocenters. The van der Waals surface area contributed by atoms with Gasteiger partial charge in [0.2, 0.25) is 0 Å². The molecule has 1 heterocycles. The average Bonchev–Trinajstić information content (AvgIpc) is 2.24. The number of hydrogen-bond donors (Lipinski definition) is 2. The smallest absolute Gasteiger partial charge is 0.330 e. The molecule has 0 aliphatic carbocycles. The van der Waals surface area contributed by atoms with E-state index in [4.69, 9.17) is 5.73 Å². The van der Waals surface area contributed by atoms with E-state index in [1.54, 1.807) is 0 Å². The molecule has 0 spiro atoms. The minimum Gasteiger partial charge on any atom is -0.330 e. The first-order chi connectivity index (χ1) is 7.51. The molecule has 0 bridgehead atoms. The zero-order valence-electron chi connectivity index (χ0n) is 9.09. The molecule has 1 rings (SSSR count). The normalized spacial score (nSPS) is 20.2. The first-order valence-electron chi connectivity index (χ1n) is 5.41. The Morgan fingerprint density at radius 2 is 1.94 bits per heavy atom. The highest BCUT2D eigenvalue weighted by molar-refractivity contribution is 7.98. The first kappa shape index (κ1) is 14.1. The van der Waals surface area contributed by atoms with Crippen LogP contribution in [0.3, 0.4) is 0 Å². The van der Waals surface area contributed by atoms with E-state index in [9.17, 15) is 13.2 Å². The van der Waals surface area contributed by atoms with Crippen molar-refractivity contribution in [1.82, 2.24) is 9.62 Å². The number of rotatable bonds is 5. The Bertz CT molecular complexity index is 193. The zero-order chi connectivity index (χ0) is 12.0. The van der Waals surface area contributed by atoms with Crippen LogP contribution >= 0.6 is 11.9 Å². The van der Waals surface area contributed by atoms with Crippen molar-refractivity contribution in [3.8, 4) is 0 Å². The van der Waals surface area contributed by atoms with Crippen LogP contribution in [0.15, 0.2) is 0 Å². The van der Waals surface area contributed by atoms with E-state index in [-0.39, 0.29) is 11.9 Å². The van der Waals surface area contributed by atoms with Gasteiger partial charge in [0.1, 0.15) is 0 Å². The van der Waals surface area contributed by atoms with E-state index >= 15 is 0 Å². The quantitative estimate of drug-likeness (QED) is 0.577. The van der Waals surface area contributed by atoms with Crippen molar-refractivity contribution in [2.75, 3.05) is 32.7 Å². The van der Waals surface area contributed by atoms with E-state index < -0.39 is 5.51 Å². The highest BCUT2D eigenvalue weighted by Crippen LogP contribution is 2.26. The minimum atomic E-state index is -4.19. The summed E-state index contributed by atoms with van der Waals surface area (Å²) in [6, 6.07) is 0. The summed E-state index contributed by atoms with van der Waals surface area (Å²) >= 11 is -0.169. The molecule has 0 amide bonds. The first-order valence-corrected chi connectivity index (χ1v) is 6.23. The molecule has 0 aromatic carbocycles. The molecule has 3 nitrogen and oxygen atoms in total. The summed E-state index contributed by atoms with van der Waals surface area (Å²) in [5, 5.41) is 0. The van der Waals surface area contributed by atoms with Crippen LogP contribution in [0.2, 0.25) is 0 Å². The fourth-order valence-electron chi connectivity index (χ4n) is 1.78. The van der Waals surface area contributed by atoms with Gasteiger partial charge >= 0.3 is 5.51 Å². The molecule has 1 aliphatic rings. The summed E-state index contributed by atoms with van der Waals surface area (Å²) in [7, 11) is 0. The number of halogens is 3. The number of likely N-dealkylation sites (tertiary alicyclic amines) is 1. The topological polar surface area (TPSA) is 41.3 Å². The molecule has 0 aromatic rings. The lowest BCUT2D eigenvalue weighted by atomic mass is 9.97. The van der Waals surface area contributed by atoms with Crippen molar-refractivity contribution in [3.63, 3.8) is 0 Å². The standard InChI is InChI=1S/C9H18F3N3S/c10-9(11,12)16-14-3-6-15-4-1-8(7-13)2-5-15/h8,14H,1-7,13H2. The molecule has 0 atom stereocenters. The number of alkyl halides is 3. The highest BCUT2D eigenvalue weighted by Gasteiger charge is 2.28. The van der Waals surface area contributed by atoms with Gasteiger partial charge in [0, 0.05) is 25.0 Å². The summed E-state index contributed by atoms with van der Waals surface area (Å²) in [5.74, 6) is 0.591. The van der Waals surface area contributed by atoms with Gasteiger partial charge in [0.15, 0.2) is 0 Å². The Morgan fingerprint density at radius 1 is 1.31 bits per heavy atom. The molecule has 3 N–H and O–H groups in total. The average molecular weight is 257 g/mol. The molecule has 0 saturated carbocycles. The molecule has 96 valence electrons. The monoisotopic (exact) mass is 257 g/mol. The van der Waals surface area contributed by atoms with E-state index in [0.29, 0.717) is 19.0 Å². The van der Waals surface area contributed by atoms with Crippen LogP contribution < -0.4 is 10.5 Å². The zero-order valence-corrected chi connectivity index (χ0v) is 9.91. The maximum atomic E-state index is 11.8. The molecule has 16 heavy (non-hydrogen) atoms.